The topological polar surface area (TPSA) is 268 Å². The van der Waals surface area contributed by atoms with Gasteiger partial charge >= 0.3 is 17.9 Å². The van der Waals surface area contributed by atoms with Crippen LogP contribution in [-0.4, -0.2) is 135 Å². The highest BCUT2D eigenvalue weighted by Crippen LogP contribution is 2.44. The van der Waals surface area contributed by atoms with Crippen molar-refractivity contribution in [3.8, 4) is 5.69 Å². The zero-order valence-corrected chi connectivity index (χ0v) is 60.0. The van der Waals surface area contributed by atoms with Crippen LogP contribution in [0.5, 0.6) is 0 Å². The number of para-hydroxylation sites is 1. The van der Waals surface area contributed by atoms with Crippen molar-refractivity contribution in [3.05, 3.63) is 186 Å². The molecule has 20 nitrogen and oxygen atoms in total. The SMILES string of the molecule is C/C(=C\C=O)[C@H]1OC(=O)C[C@H](O[Si](C)(C)C(C)(C)C)CC[C@@]2(C)OC(c3ccccc3)O[C@H]2/C=C/[C@@H]1C.CC(=O)O[C@H]1/C=C/[C@H](C)[C@@H](/C(C)=C/C=C/C(C)Cc2ccccn2)OC(=O)C[C@H](O)CC[C@@]1(C)O.CC(Cc1ccccn1)CS(=O)(=O)c1nnnn1-c1ccccc1. The lowest BCUT2D eigenvalue weighted by Crippen LogP contribution is -2.45. The summed E-state index contributed by atoms with van der Waals surface area (Å²) in [4.78, 5) is 57.1. The average molecular weight is 1360 g/mol. The van der Waals surface area contributed by atoms with Crippen molar-refractivity contribution in [2.24, 2.45) is 23.7 Å². The van der Waals surface area contributed by atoms with Crippen LogP contribution in [0.25, 0.3) is 5.69 Å². The van der Waals surface area contributed by atoms with Crippen LogP contribution >= 0.6 is 0 Å². The fourth-order valence-corrected chi connectivity index (χ4v) is 14.1. The largest absolute Gasteiger partial charge is 0.457 e. The molecule has 13 atom stereocenters. The molecule has 2 aromatic carbocycles. The van der Waals surface area contributed by atoms with Gasteiger partial charge < -0.3 is 38.3 Å². The molecule has 1 fully saturated rings. The number of nitrogens with zero attached hydrogens (tertiary/aromatic N) is 6. The molecule has 520 valence electrons. The third-order valence-corrected chi connectivity index (χ3v) is 24.0. The molecule has 96 heavy (non-hydrogen) atoms. The normalized spacial score (nSPS) is 27.1. The minimum atomic E-state index is -3.62. The van der Waals surface area contributed by atoms with Gasteiger partial charge in [0, 0.05) is 48.1 Å². The Bertz CT molecular complexity index is 3560. The molecular weight excluding hydrogens is 1260 g/mol. The highest BCUT2D eigenvalue weighted by molar-refractivity contribution is 7.91. The lowest BCUT2D eigenvalue weighted by Gasteiger charge is -2.40. The molecule has 5 aromatic rings. The molecule has 0 aliphatic carbocycles. The molecule has 0 radical (unpaired) electrons. The number of aldehydes is 1. The number of ether oxygens (including phenoxy) is 5. The fraction of sp³-hybridized carbons (Fsp3) is 0.500. The molecule has 3 aliphatic rings. The maximum Gasteiger partial charge on any atom is 0.309 e. The van der Waals surface area contributed by atoms with Crippen molar-refractivity contribution in [2.75, 3.05) is 5.75 Å². The summed E-state index contributed by atoms with van der Waals surface area (Å²) in [5.41, 5.74) is 3.01. The molecule has 3 aromatic heterocycles. The van der Waals surface area contributed by atoms with E-state index in [0.717, 1.165) is 35.2 Å². The Balaban J connectivity index is 0.000000233. The number of aliphatic hydroxyl groups excluding tert-OH is 1. The second-order valence-corrected chi connectivity index (χ2v) is 34.2. The predicted molar refractivity (Wildman–Crippen MR) is 370 cm³/mol. The number of fused-ring (bicyclic) bond motifs is 1. The van der Waals surface area contributed by atoms with E-state index in [4.69, 9.17) is 28.1 Å². The van der Waals surface area contributed by atoms with Crippen LogP contribution in [0.1, 0.15) is 145 Å². The van der Waals surface area contributed by atoms with E-state index in [-0.39, 0.29) is 83.5 Å². The van der Waals surface area contributed by atoms with Gasteiger partial charge in [-0.15, -0.1) is 0 Å². The van der Waals surface area contributed by atoms with Crippen molar-refractivity contribution < 1.29 is 65.9 Å². The molecule has 1 saturated heterocycles. The quantitative estimate of drug-likeness (QED) is 0.0167. The number of tetrazole rings is 1. The summed E-state index contributed by atoms with van der Waals surface area (Å²) in [6, 6.07) is 30.4. The highest BCUT2D eigenvalue weighted by atomic mass is 32.2. The lowest BCUT2D eigenvalue weighted by atomic mass is 9.88. The van der Waals surface area contributed by atoms with Gasteiger partial charge in [-0.3, -0.25) is 29.1 Å². The third kappa shape index (κ3) is 23.7. The number of esters is 3. The Kier molecular flexibility index (Phi) is 28.8. The van der Waals surface area contributed by atoms with Gasteiger partial charge in [-0.2, -0.15) is 4.68 Å². The maximum absolute atomic E-state index is 13.2. The van der Waals surface area contributed by atoms with Crippen molar-refractivity contribution in [3.63, 3.8) is 0 Å². The fourth-order valence-electron chi connectivity index (χ4n) is 11.2. The number of sulfone groups is 1. The van der Waals surface area contributed by atoms with Gasteiger partial charge in [0.25, 0.3) is 5.16 Å². The van der Waals surface area contributed by atoms with Gasteiger partial charge in [0.15, 0.2) is 14.6 Å². The summed E-state index contributed by atoms with van der Waals surface area (Å²) in [7, 11) is -5.77. The second-order valence-electron chi connectivity index (χ2n) is 27.5. The zero-order chi connectivity index (χ0) is 70.4. The summed E-state index contributed by atoms with van der Waals surface area (Å²) < 4.78 is 63.5. The number of allylic oxidation sites excluding steroid dienone is 4. The molecule has 0 saturated carbocycles. The molecule has 0 spiro atoms. The average Bonchev–Trinajstić information content (AvgIpc) is 1.62. The van der Waals surface area contributed by atoms with Gasteiger partial charge in [0.05, 0.1) is 42.1 Å². The summed E-state index contributed by atoms with van der Waals surface area (Å²) >= 11 is 0. The summed E-state index contributed by atoms with van der Waals surface area (Å²) in [5.74, 6) is -1.64. The lowest BCUT2D eigenvalue weighted by molar-refractivity contribution is -0.157. The van der Waals surface area contributed by atoms with E-state index in [1.807, 2.05) is 132 Å². The van der Waals surface area contributed by atoms with E-state index in [1.54, 1.807) is 55.7 Å². The van der Waals surface area contributed by atoms with Crippen LogP contribution in [0.2, 0.25) is 18.1 Å². The van der Waals surface area contributed by atoms with Crippen LogP contribution in [0.4, 0.5) is 0 Å². The van der Waals surface area contributed by atoms with Gasteiger partial charge in [0.2, 0.25) is 9.84 Å². The minimum Gasteiger partial charge on any atom is -0.457 e. The predicted octanol–water partition coefficient (Wildman–Crippen LogP) is 12.5. The molecule has 8 rings (SSSR count). The number of cyclic esters (lactones) is 2. The first-order valence-electron chi connectivity index (χ1n) is 33.0. The first-order chi connectivity index (χ1) is 45.3. The Morgan fingerprint density at radius 1 is 0.781 bits per heavy atom. The standard InChI is InChI=1S/C30H44O6Si.C28H39NO6.C16H17N5O2S/c1-21-14-15-25-30(6,35-28(33-25)23-12-10-9-11-13-23)18-16-24(36-37(7,8)29(3,4)5)20-26(32)34-27(21)22(2)17-19-31;1-19(17-23-11-6-7-16-29-23)9-8-10-20(2)27-21(3)12-13-25(34-22(4)30)28(5,33)15-14-24(31)18-26(32)35-27;1-13(11-14-7-5-6-10-17-14)12-24(22,23)16-18-19-20-21(16)15-8-3-2-4-9-15/h9-15,17,19,21,24-25,27-28H,16,18,20H2,1-8H3;6-13,16,19,21,24-25,27,31,33H,14-15,17-18H2,1-5H3;2-10,13H,11-12H2,1H3/b15-14+,22-17+;9-8+,13-12+,20-10+;/t21-,24+,25-,27-,28?,30+;19?,21-,24+,25-,27+,28+;/m00./s1. The Hall–Kier alpha value is -7.44. The van der Waals surface area contributed by atoms with E-state index in [0.29, 0.717) is 30.5 Å². The highest BCUT2D eigenvalue weighted by Gasteiger charge is 2.47. The summed E-state index contributed by atoms with van der Waals surface area (Å²) in [6.45, 7) is 27.5. The number of carbonyl (C=O) groups is 4. The van der Waals surface area contributed by atoms with E-state index >= 15 is 0 Å². The van der Waals surface area contributed by atoms with E-state index < -0.39 is 72.0 Å². The molecule has 6 heterocycles. The second kappa shape index (κ2) is 35.7. The molecule has 2 N–H and O–H groups in total. The van der Waals surface area contributed by atoms with Crippen molar-refractivity contribution >= 4 is 42.3 Å². The molecule has 22 heteroatoms. The number of benzene rings is 2. The molecule has 3 aliphatic heterocycles. The number of hydrogen-bond donors (Lipinski definition) is 2. The van der Waals surface area contributed by atoms with Crippen LogP contribution in [-0.2, 0) is 70.0 Å². The summed E-state index contributed by atoms with van der Waals surface area (Å²) in [5, 5.41) is 32.1. The third-order valence-electron chi connectivity index (χ3n) is 17.7. The smallest absolute Gasteiger partial charge is 0.309 e. The van der Waals surface area contributed by atoms with Gasteiger partial charge in [-0.05, 0) is 166 Å². The number of aliphatic hydroxyl groups is 2. The molecule has 0 amide bonds. The Labute approximate surface area is 568 Å². The number of rotatable bonds is 17. The van der Waals surface area contributed by atoms with E-state index in [9.17, 15) is 37.8 Å². The van der Waals surface area contributed by atoms with Gasteiger partial charge in [0.1, 0.15) is 36.3 Å². The Morgan fingerprint density at radius 3 is 1.94 bits per heavy atom. The number of hydrogen-bond acceptors (Lipinski definition) is 19. The zero-order valence-electron chi connectivity index (χ0n) is 58.2. The van der Waals surface area contributed by atoms with Crippen molar-refractivity contribution in [2.45, 2.75) is 212 Å². The number of carbonyl (C=O) groups excluding carboxylic acids is 4. The maximum atomic E-state index is 13.2. The minimum absolute atomic E-state index is 0.00147. The van der Waals surface area contributed by atoms with Crippen molar-refractivity contribution in [1.82, 2.24) is 30.2 Å². The van der Waals surface area contributed by atoms with Gasteiger partial charge in [-0.25, -0.2) is 8.42 Å². The molecule has 3 unspecified atom stereocenters. The first-order valence-corrected chi connectivity index (χ1v) is 37.6. The van der Waals surface area contributed by atoms with Crippen LogP contribution < -0.4 is 0 Å². The van der Waals surface area contributed by atoms with E-state index in [1.165, 1.54) is 17.7 Å². The van der Waals surface area contributed by atoms with E-state index in [2.05, 4.69) is 79.3 Å². The number of pyridine rings is 2. The monoisotopic (exact) mass is 1360 g/mol. The van der Waals surface area contributed by atoms with Crippen LogP contribution in [0.3, 0.4) is 0 Å². The molecular formula is C74H100N6O14SSi. The van der Waals surface area contributed by atoms with Crippen LogP contribution in [0, 0.1) is 23.7 Å². The number of aromatic nitrogens is 6. The van der Waals surface area contributed by atoms with Crippen LogP contribution in [0.15, 0.2) is 174 Å². The van der Waals surface area contributed by atoms with Crippen molar-refractivity contribution in [1.29, 1.82) is 0 Å². The first kappa shape index (κ1) is 77.6. The Morgan fingerprint density at radius 2 is 1.35 bits per heavy atom. The summed E-state index contributed by atoms with van der Waals surface area (Å²) in [6.07, 6.45) is 18.0. The molecule has 0 bridgehead atoms. The van der Waals surface area contributed by atoms with Gasteiger partial charge in [-0.1, -0.05) is 151 Å².